The molecule has 20 heavy (non-hydrogen) atoms. The number of hydrogen-bond donors (Lipinski definition) is 1. The minimum atomic E-state index is -0.928. The van der Waals surface area contributed by atoms with Crippen LogP contribution in [0.3, 0.4) is 0 Å². The van der Waals surface area contributed by atoms with E-state index in [0.29, 0.717) is 12.1 Å². The molecule has 0 amide bonds. The zero-order valence-electron chi connectivity index (χ0n) is 9.92. The van der Waals surface area contributed by atoms with Gasteiger partial charge in [-0.3, -0.25) is 30.3 Å². The topological polar surface area (TPSA) is 150 Å². The molecular weight excluding hydrogens is 294 g/mol. The van der Waals surface area contributed by atoms with Gasteiger partial charge in [-0.25, -0.2) is 0 Å². The number of nitro benzene ring substituents is 3. The fourth-order valence-electron chi connectivity index (χ4n) is 1.35. The van der Waals surface area contributed by atoms with Gasteiger partial charge in [0.25, 0.3) is 17.1 Å². The van der Waals surface area contributed by atoms with Crippen molar-refractivity contribution in [2.24, 2.45) is 0 Å². The van der Waals surface area contributed by atoms with Crippen LogP contribution >= 0.6 is 11.8 Å². The number of non-ortho nitro benzene ring substituents is 1. The molecule has 0 bridgehead atoms. The van der Waals surface area contributed by atoms with E-state index in [9.17, 15) is 30.3 Å². The lowest BCUT2D eigenvalue weighted by Gasteiger charge is -2.03. The smallest absolute Gasteiger partial charge is 0.296 e. The van der Waals surface area contributed by atoms with E-state index in [1.807, 2.05) is 0 Å². The highest BCUT2D eigenvalue weighted by molar-refractivity contribution is 7.99. The van der Waals surface area contributed by atoms with Crippen molar-refractivity contribution < 1.29 is 19.9 Å². The number of hydrogen-bond acceptors (Lipinski definition) is 8. The number of nitro groups is 3. The molecule has 0 aromatic heterocycles. The molecule has 0 saturated heterocycles. The molecule has 1 aromatic carbocycles. The summed E-state index contributed by atoms with van der Waals surface area (Å²) in [7, 11) is 0. The van der Waals surface area contributed by atoms with Crippen LogP contribution in [-0.4, -0.2) is 32.2 Å². The maximum absolute atomic E-state index is 10.9. The molecule has 0 unspecified atom stereocenters. The summed E-state index contributed by atoms with van der Waals surface area (Å²) < 4.78 is 0. The molecule has 0 spiro atoms. The van der Waals surface area contributed by atoms with Crippen LogP contribution in [0.25, 0.3) is 0 Å². The number of nitrogens with zero attached hydrogens (tertiary/aromatic N) is 3. The molecule has 1 aromatic rings. The number of benzene rings is 1. The molecule has 0 radical (unpaired) electrons. The largest absolute Gasteiger partial charge is 0.396 e. The van der Waals surface area contributed by atoms with E-state index in [4.69, 9.17) is 5.11 Å². The molecule has 108 valence electrons. The zero-order chi connectivity index (χ0) is 15.3. The lowest BCUT2D eigenvalue weighted by molar-refractivity contribution is -0.407. The Morgan fingerprint density at radius 1 is 1.00 bits per heavy atom. The van der Waals surface area contributed by atoms with Crippen molar-refractivity contribution in [2.75, 3.05) is 12.4 Å². The molecule has 11 heteroatoms. The van der Waals surface area contributed by atoms with Gasteiger partial charge in [0.1, 0.15) is 0 Å². The van der Waals surface area contributed by atoms with Crippen molar-refractivity contribution in [1.29, 1.82) is 0 Å². The average Bonchev–Trinajstić information content (AvgIpc) is 2.37. The van der Waals surface area contributed by atoms with Crippen molar-refractivity contribution in [3.05, 3.63) is 42.5 Å². The molecule has 0 saturated carbocycles. The third kappa shape index (κ3) is 3.61. The molecule has 0 aliphatic heterocycles. The van der Waals surface area contributed by atoms with Crippen LogP contribution in [0.1, 0.15) is 6.42 Å². The SMILES string of the molecule is O=[N+]([O-])c1cc([N+](=O)[O-])c(SCCCO)c([N+](=O)[O-])c1. The van der Waals surface area contributed by atoms with Crippen LogP contribution in [0.4, 0.5) is 17.1 Å². The Balaban J connectivity index is 3.39. The van der Waals surface area contributed by atoms with Crippen molar-refractivity contribution in [3.63, 3.8) is 0 Å². The third-order valence-corrected chi connectivity index (χ3v) is 3.39. The maximum atomic E-state index is 10.9. The fourth-order valence-corrected chi connectivity index (χ4v) is 2.39. The summed E-state index contributed by atoms with van der Waals surface area (Å²) in [5, 5.41) is 41.1. The van der Waals surface area contributed by atoms with E-state index in [-0.39, 0.29) is 23.7 Å². The van der Waals surface area contributed by atoms with Crippen LogP contribution < -0.4 is 0 Å². The van der Waals surface area contributed by atoms with Gasteiger partial charge in [0, 0.05) is 12.4 Å². The zero-order valence-corrected chi connectivity index (χ0v) is 10.7. The number of thioether (sulfide) groups is 1. The normalized spacial score (nSPS) is 10.2. The molecule has 0 aliphatic rings. The van der Waals surface area contributed by atoms with Gasteiger partial charge in [-0.15, -0.1) is 11.8 Å². The quantitative estimate of drug-likeness (QED) is 0.347. The van der Waals surface area contributed by atoms with Crippen LogP contribution in [-0.2, 0) is 0 Å². The Labute approximate surface area is 115 Å². The van der Waals surface area contributed by atoms with Crippen molar-refractivity contribution >= 4 is 28.8 Å². The van der Waals surface area contributed by atoms with E-state index < -0.39 is 31.8 Å². The Morgan fingerprint density at radius 3 is 1.85 bits per heavy atom. The van der Waals surface area contributed by atoms with Gasteiger partial charge in [0.05, 0.1) is 26.9 Å². The van der Waals surface area contributed by atoms with E-state index in [1.54, 1.807) is 0 Å². The Bertz CT molecular complexity index is 527. The summed E-state index contributed by atoms with van der Waals surface area (Å²) in [5.74, 6) is 0.218. The molecule has 0 atom stereocenters. The predicted molar refractivity (Wildman–Crippen MR) is 68.8 cm³/mol. The highest BCUT2D eigenvalue weighted by Crippen LogP contribution is 2.40. The van der Waals surface area contributed by atoms with Gasteiger partial charge >= 0.3 is 0 Å². The summed E-state index contributed by atoms with van der Waals surface area (Å²) in [5.41, 5.74) is -2.09. The summed E-state index contributed by atoms with van der Waals surface area (Å²) in [6.45, 7) is -0.165. The van der Waals surface area contributed by atoms with Crippen LogP contribution in [0.5, 0.6) is 0 Å². The minimum Gasteiger partial charge on any atom is -0.396 e. The average molecular weight is 303 g/mol. The van der Waals surface area contributed by atoms with Gasteiger partial charge in [-0.1, -0.05) is 0 Å². The lowest BCUT2D eigenvalue weighted by atomic mass is 10.2. The molecular formula is C9H9N3O7S. The highest BCUT2D eigenvalue weighted by Gasteiger charge is 2.30. The first-order valence-electron chi connectivity index (χ1n) is 5.23. The molecule has 1 N–H and O–H groups in total. The predicted octanol–water partition coefficient (Wildman–Crippen LogP) is 1.89. The summed E-state index contributed by atoms with van der Waals surface area (Å²) >= 11 is 0.809. The number of aliphatic hydroxyl groups is 1. The Kier molecular flexibility index (Phi) is 5.34. The second-order valence-corrected chi connectivity index (χ2v) is 4.62. The highest BCUT2D eigenvalue weighted by atomic mass is 32.2. The maximum Gasteiger partial charge on any atom is 0.296 e. The van der Waals surface area contributed by atoms with E-state index in [1.165, 1.54) is 0 Å². The second kappa shape index (κ2) is 6.77. The fraction of sp³-hybridized carbons (Fsp3) is 0.333. The lowest BCUT2D eigenvalue weighted by Crippen LogP contribution is -2.00. The molecule has 0 aliphatic carbocycles. The van der Waals surface area contributed by atoms with E-state index in [2.05, 4.69) is 0 Å². The summed E-state index contributed by atoms with van der Waals surface area (Å²) in [4.78, 5) is 29.5. The van der Waals surface area contributed by atoms with Crippen LogP contribution in [0.2, 0.25) is 0 Å². The van der Waals surface area contributed by atoms with Crippen molar-refractivity contribution in [1.82, 2.24) is 0 Å². The Morgan fingerprint density at radius 2 is 1.50 bits per heavy atom. The van der Waals surface area contributed by atoms with Crippen LogP contribution in [0, 0.1) is 30.3 Å². The monoisotopic (exact) mass is 303 g/mol. The second-order valence-electron chi connectivity index (χ2n) is 3.51. The first-order valence-corrected chi connectivity index (χ1v) is 6.22. The van der Waals surface area contributed by atoms with Crippen molar-refractivity contribution in [2.45, 2.75) is 11.3 Å². The standard InChI is InChI=1S/C9H9N3O7S/c13-2-1-3-20-9-7(11(16)17)4-6(10(14)15)5-8(9)12(18)19/h4-5,13H,1-3H2. The third-order valence-electron chi connectivity index (χ3n) is 2.19. The van der Waals surface area contributed by atoms with Crippen molar-refractivity contribution in [3.8, 4) is 0 Å². The van der Waals surface area contributed by atoms with Gasteiger partial charge in [-0.05, 0) is 6.42 Å². The van der Waals surface area contributed by atoms with Crippen LogP contribution in [0.15, 0.2) is 17.0 Å². The molecule has 0 fully saturated rings. The minimum absolute atomic E-state index is 0.165. The molecule has 1 rings (SSSR count). The van der Waals surface area contributed by atoms with Gasteiger partial charge in [0.15, 0.2) is 4.90 Å². The van der Waals surface area contributed by atoms with E-state index in [0.717, 1.165) is 11.8 Å². The summed E-state index contributed by atoms with van der Waals surface area (Å²) in [6.07, 6.45) is 0.288. The Hall–Kier alpha value is -2.27. The number of aliphatic hydroxyl groups excluding tert-OH is 1. The first-order chi connectivity index (χ1) is 9.38. The molecule has 0 heterocycles. The summed E-state index contributed by atoms with van der Waals surface area (Å²) in [6, 6.07) is 1.38. The van der Waals surface area contributed by atoms with Gasteiger partial charge in [-0.2, -0.15) is 0 Å². The molecule has 10 nitrogen and oxygen atoms in total. The first kappa shape index (κ1) is 15.8. The van der Waals surface area contributed by atoms with Gasteiger partial charge < -0.3 is 5.11 Å². The number of rotatable bonds is 7. The van der Waals surface area contributed by atoms with E-state index >= 15 is 0 Å². The van der Waals surface area contributed by atoms with Gasteiger partial charge in [0.2, 0.25) is 0 Å².